The third-order valence-corrected chi connectivity index (χ3v) is 2.51. The zero-order valence-corrected chi connectivity index (χ0v) is 6.67. The van der Waals surface area contributed by atoms with E-state index in [0.717, 1.165) is 25.8 Å². The first-order valence-electron chi connectivity index (χ1n) is 3.58. The zero-order valence-electron chi connectivity index (χ0n) is 5.85. The van der Waals surface area contributed by atoms with Gasteiger partial charge in [-0.2, -0.15) is 0 Å². The average Bonchev–Trinajstić information content (AvgIpc) is 2.60. The van der Waals surface area contributed by atoms with Crippen molar-refractivity contribution < 1.29 is 4.79 Å². The van der Waals surface area contributed by atoms with Crippen molar-refractivity contribution in [3.63, 3.8) is 0 Å². The average molecular weight is 162 g/mol. The number of piperidine rings is 1. The predicted octanol–water partition coefficient (Wildman–Crippen LogP) is 0.751. The Labute approximate surface area is 66.8 Å². The Balaban J connectivity index is 0.000000500. The number of Topliss-reactive ketones (excluding diaryl/α,β-unsaturated/α-hetero) is 1. The van der Waals surface area contributed by atoms with Crippen LogP contribution in [0.5, 0.6) is 0 Å². The van der Waals surface area contributed by atoms with Crippen LogP contribution in [0.3, 0.4) is 0 Å². The smallest absolute Gasteiger partial charge is 0.152 e. The van der Waals surface area contributed by atoms with Crippen molar-refractivity contribution in [3.05, 3.63) is 0 Å². The normalized spacial score (nSPS) is 27.8. The number of carbonyl (C=O) groups is 1. The highest BCUT2D eigenvalue weighted by molar-refractivity contribution is 5.89. The second-order valence-electron chi connectivity index (χ2n) is 3.13. The van der Waals surface area contributed by atoms with Gasteiger partial charge in [-0.15, -0.1) is 12.4 Å². The minimum absolute atomic E-state index is 0. The minimum Gasteiger partial charge on any atom is -0.310 e. The highest BCUT2D eigenvalue weighted by Crippen LogP contribution is 2.50. The number of halogens is 1. The van der Waals surface area contributed by atoms with E-state index in [-0.39, 0.29) is 17.8 Å². The molecule has 1 aliphatic heterocycles. The summed E-state index contributed by atoms with van der Waals surface area (Å²) in [5, 5.41) is 3.08. The van der Waals surface area contributed by atoms with Gasteiger partial charge in [0.2, 0.25) is 0 Å². The van der Waals surface area contributed by atoms with Crippen LogP contribution in [0, 0.1) is 5.41 Å². The largest absolute Gasteiger partial charge is 0.310 e. The molecule has 0 aromatic heterocycles. The van der Waals surface area contributed by atoms with E-state index in [1.54, 1.807) is 0 Å². The van der Waals surface area contributed by atoms with Gasteiger partial charge in [0, 0.05) is 5.41 Å². The van der Waals surface area contributed by atoms with Gasteiger partial charge in [0.15, 0.2) is 5.78 Å². The lowest BCUT2D eigenvalue weighted by Gasteiger charge is -2.19. The molecule has 2 nitrogen and oxygen atoms in total. The fraction of sp³-hybridized carbons (Fsp3) is 0.857. The molecule has 1 saturated carbocycles. The van der Waals surface area contributed by atoms with Gasteiger partial charge in [0.1, 0.15) is 0 Å². The van der Waals surface area contributed by atoms with E-state index in [0.29, 0.717) is 12.3 Å². The molecule has 1 heterocycles. The number of ketones is 1. The summed E-state index contributed by atoms with van der Waals surface area (Å²) >= 11 is 0. The van der Waals surface area contributed by atoms with Crippen molar-refractivity contribution in [2.24, 2.45) is 5.41 Å². The van der Waals surface area contributed by atoms with Gasteiger partial charge >= 0.3 is 0 Å². The molecular formula is C7H12ClNO. The van der Waals surface area contributed by atoms with E-state index in [9.17, 15) is 4.79 Å². The molecule has 1 aliphatic carbocycles. The van der Waals surface area contributed by atoms with Crippen molar-refractivity contribution in [2.75, 3.05) is 13.1 Å². The summed E-state index contributed by atoms with van der Waals surface area (Å²) in [5.41, 5.74) is 0.186. The van der Waals surface area contributed by atoms with E-state index < -0.39 is 0 Å². The molecule has 2 aliphatic rings. The molecule has 2 rings (SSSR count). The second-order valence-corrected chi connectivity index (χ2v) is 3.13. The lowest BCUT2D eigenvalue weighted by molar-refractivity contribution is -0.124. The molecule has 0 atom stereocenters. The predicted molar refractivity (Wildman–Crippen MR) is 41.4 cm³/mol. The van der Waals surface area contributed by atoms with Crippen LogP contribution in [0.2, 0.25) is 0 Å². The summed E-state index contributed by atoms with van der Waals surface area (Å²) < 4.78 is 0. The Morgan fingerprint density at radius 2 is 2.00 bits per heavy atom. The molecular weight excluding hydrogens is 150 g/mol. The summed E-state index contributed by atoms with van der Waals surface area (Å²) in [7, 11) is 0. The molecule has 0 radical (unpaired) electrons. The molecule has 0 aromatic rings. The number of rotatable bonds is 0. The Kier molecular flexibility index (Phi) is 2.02. The first-order valence-corrected chi connectivity index (χ1v) is 3.58. The van der Waals surface area contributed by atoms with Crippen molar-refractivity contribution in [1.82, 2.24) is 5.32 Å². The second kappa shape index (κ2) is 2.51. The van der Waals surface area contributed by atoms with Crippen LogP contribution in [-0.4, -0.2) is 18.9 Å². The number of nitrogens with one attached hydrogen (secondary N) is 1. The first-order chi connectivity index (χ1) is 4.33. The summed E-state index contributed by atoms with van der Waals surface area (Å²) in [4.78, 5) is 11.1. The molecule has 10 heavy (non-hydrogen) atoms. The highest BCUT2D eigenvalue weighted by Gasteiger charge is 2.49. The fourth-order valence-electron chi connectivity index (χ4n) is 1.54. The summed E-state index contributed by atoms with van der Waals surface area (Å²) in [6, 6.07) is 0. The van der Waals surface area contributed by atoms with Gasteiger partial charge in [0.25, 0.3) is 0 Å². The maximum Gasteiger partial charge on any atom is 0.152 e. The van der Waals surface area contributed by atoms with Crippen LogP contribution in [0.4, 0.5) is 0 Å². The molecule has 1 spiro atoms. The Morgan fingerprint density at radius 3 is 2.40 bits per heavy atom. The number of carbonyl (C=O) groups excluding carboxylic acids is 1. The molecule has 0 unspecified atom stereocenters. The van der Waals surface area contributed by atoms with Crippen LogP contribution in [-0.2, 0) is 4.79 Å². The van der Waals surface area contributed by atoms with E-state index in [4.69, 9.17) is 0 Å². The fourth-order valence-corrected chi connectivity index (χ4v) is 1.54. The van der Waals surface area contributed by atoms with Crippen LogP contribution in [0.1, 0.15) is 19.3 Å². The van der Waals surface area contributed by atoms with Gasteiger partial charge in [-0.25, -0.2) is 0 Å². The van der Waals surface area contributed by atoms with E-state index in [2.05, 4.69) is 5.32 Å². The SMILES string of the molecule is Cl.O=C1CNCCC12CC2. The van der Waals surface area contributed by atoms with E-state index >= 15 is 0 Å². The van der Waals surface area contributed by atoms with Crippen molar-refractivity contribution in [3.8, 4) is 0 Å². The number of hydrogen-bond donors (Lipinski definition) is 1. The van der Waals surface area contributed by atoms with Gasteiger partial charge in [-0.3, -0.25) is 4.79 Å². The molecule has 2 fully saturated rings. The summed E-state index contributed by atoms with van der Waals surface area (Å²) in [5.74, 6) is 0.453. The zero-order chi connectivity index (χ0) is 6.32. The van der Waals surface area contributed by atoms with Gasteiger partial charge in [-0.05, 0) is 25.8 Å². The minimum atomic E-state index is 0. The van der Waals surface area contributed by atoms with Crippen molar-refractivity contribution in [1.29, 1.82) is 0 Å². The van der Waals surface area contributed by atoms with Gasteiger partial charge < -0.3 is 5.32 Å². The molecule has 1 N–H and O–H groups in total. The molecule has 0 amide bonds. The third-order valence-electron chi connectivity index (χ3n) is 2.51. The van der Waals surface area contributed by atoms with Crippen LogP contribution >= 0.6 is 12.4 Å². The molecule has 3 heteroatoms. The topological polar surface area (TPSA) is 29.1 Å². The van der Waals surface area contributed by atoms with Crippen LogP contribution in [0.25, 0.3) is 0 Å². The highest BCUT2D eigenvalue weighted by atomic mass is 35.5. The summed E-state index contributed by atoms with van der Waals surface area (Å²) in [6.07, 6.45) is 3.41. The van der Waals surface area contributed by atoms with Crippen LogP contribution in [0.15, 0.2) is 0 Å². The lowest BCUT2D eigenvalue weighted by Crippen LogP contribution is -2.37. The molecule has 0 aromatic carbocycles. The van der Waals surface area contributed by atoms with E-state index in [1.165, 1.54) is 0 Å². The maximum atomic E-state index is 11.1. The molecule has 58 valence electrons. The standard InChI is InChI=1S/C7H11NO.ClH/c9-6-5-8-4-3-7(6)1-2-7;/h8H,1-5H2;1H. The Morgan fingerprint density at radius 1 is 1.30 bits per heavy atom. The van der Waals surface area contributed by atoms with Crippen molar-refractivity contribution >= 4 is 18.2 Å². The van der Waals surface area contributed by atoms with Gasteiger partial charge in [-0.1, -0.05) is 0 Å². The quantitative estimate of drug-likeness (QED) is 0.568. The number of hydrogen-bond acceptors (Lipinski definition) is 2. The summed E-state index contributed by atoms with van der Waals surface area (Å²) in [6.45, 7) is 1.67. The Hall–Kier alpha value is -0.0800. The van der Waals surface area contributed by atoms with Crippen molar-refractivity contribution in [2.45, 2.75) is 19.3 Å². The third kappa shape index (κ3) is 1.06. The maximum absolute atomic E-state index is 11.1. The molecule has 1 saturated heterocycles. The monoisotopic (exact) mass is 161 g/mol. The van der Waals surface area contributed by atoms with Crippen LogP contribution < -0.4 is 5.32 Å². The lowest BCUT2D eigenvalue weighted by atomic mass is 9.94. The molecule has 0 bridgehead atoms. The van der Waals surface area contributed by atoms with Gasteiger partial charge in [0.05, 0.1) is 6.54 Å². The van der Waals surface area contributed by atoms with E-state index in [1.807, 2.05) is 0 Å². The first kappa shape index (κ1) is 8.02. The Bertz CT molecular complexity index is 154.